The van der Waals surface area contributed by atoms with Crippen molar-refractivity contribution in [3.63, 3.8) is 0 Å². The minimum atomic E-state index is -0.216. The summed E-state index contributed by atoms with van der Waals surface area (Å²) in [5.41, 5.74) is 2.08. The molecular weight excluding hydrogens is 441 g/mol. The van der Waals surface area contributed by atoms with Crippen molar-refractivity contribution in [3.05, 3.63) is 83.0 Å². The molecule has 2 aromatic carbocycles. The van der Waals surface area contributed by atoms with Gasteiger partial charge in [-0.15, -0.1) is 10.2 Å². The van der Waals surface area contributed by atoms with E-state index in [1.54, 1.807) is 24.4 Å². The summed E-state index contributed by atoms with van der Waals surface area (Å²) in [4.78, 5) is 16.8. The van der Waals surface area contributed by atoms with E-state index in [1.807, 2.05) is 53.1 Å². The van der Waals surface area contributed by atoms with Gasteiger partial charge in [-0.05, 0) is 42.5 Å². The highest BCUT2D eigenvalue weighted by Crippen LogP contribution is 2.28. The molecule has 4 aromatic rings. The van der Waals surface area contributed by atoms with Gasteiger partial charge in [0.05, 0.1) is 16.5 Å². The van der Waals surface area contributed by atoms with Crippen LogP contribution in [0.4, 0.5) is 5.69 Å². The van der Waals surface area contributed by atoms with Crippen molar-refractivity contribution in [2.75, 3.05) is 11.1 Å². The van der Waals surface area contributed by atoms with Crippen LogP contribution in [0.2, 0.25) is 10.0 Å². The summed E-state index contributed by atoms with van der Waals surface area (Å²) in [7, 11) is 0. The Bertz CT molecular complexity index is 1170. The standard InChI is InChI=1S/C21H15Cl2N5OS/c22-14-9-10-17(16(23)12-14)25-19(29)13-30-21-27-26-20(18-8-4-5-11-24-18)28(21)15-6-2-1-3-7-15/h1-12H,13H2,(H,25,29). The van der Waals surface area contributed by atoms with Gasteiger partial charge in [0.15, 0.2) is 11.0 Å². The molecule has 30 heavy (non-hydrogen) atoms. The monoisotopic (exact) mass is 455 g/mol. The van der Waals surface area contributed by atoms with Crippen molar-refractivity contribution >= 4 is 46.6 Å². The van der Waals surface area contributed by atoms with Crippen molar-refractivity contribution in [1.82, 2.24) is 19.7 Å². The zero-order valence-corrected chi connectivity index (χ0v) is 17.8. The molecule has 0 spiro atoms. The van der Waals surface area contributed by atoms with Crippen LogP contribution in [-0.2, 0) is 4.79 Å². The predicted octanol–water partition coefficient (Wildman–Crippen LogP) is 5.37. The number of nitrogens with one attached hydrogen (secondary N) is 1. The smallest absolute Gasteiger partial charge is 0.234 e. The number of aromatic nitrogens is 4. The molecule has 1 N–H and O–H groups in total. The largest absolute Gasteiger partial charge is 0.324 e. The Kier molecular flexibility index (Phi) is 6.32. The number of thioether (sulfide) groups is 1. The maximum absolute atomic E-state index is 12.5. The zero-order valence-electron chi connectivity index (χ0n) is 15.5. The van der Waals surface area contributed by atoms with E-state index >= 15 is 0 Å². The number of pyridine rings is 1. The maximum Gasteiger partial charge on any atom is 0.234 e. The highest BCUT2D eigenvalue weighted by molar-refractivity contribution is 7.99. The Morgan fingerprint density at radius 2 is 1.80 bits per heavy atom. The summed E-state index contributed by atoms with van der Waals surface area (Å²) in [6.45, 7) is 0. The first-order valence-corrected chi connectivity index (χ1v) is 10.7. The molecule has 0 radical (unpaired) electrons. The lowest BCUT2D eigenvalue weighted by Gasteiger charge is -2.10. The number of amides is 1. The van der Waals surface area contributed by atoms with E-state index in [0.717, 1.165) is 5.69 Å². The van der Waals surface area contributed by atoms with Gasteiger partial charge in [-0.2, -0.15) is 0 Å². The van der Waals surface area contributed by atoms with Gasteiger partial charge in [0.25, 0.3) is 0 Å². The van der Waals surface area contributed by atoms with Gasteiger partial charge in [-0.1, -0.05) is 59.2 Å². The van der Waals surface area contributed by atoms with Crippen molar-refractivity contribution in [2.24, 2.45) is 0 Å². The minimum absolute atomic E-state index is 0.131. The van der Waals surface area contributed by atoms with Crippen molar-refractivity contribution < 1.29 is 4.79 Å². The van der Waals surface area contributed by atoms with Gasteiger partial charge in [0.1, 0.15) is 5.69 Å². The molecule has 0 bridgehead atoms. The predicted molar refractivity (Wildman–Crippen MR) is 120 cm³/mol. The second-order valence-corrected chi connectivity index (χ2v) is 7.94. The van der Waals surface area contributed by atoms with Gasteiger partial charge in [0.2, 0.25) is 5.91 Å². The van der Waals surface area contributed by atoms with E-state index < -0.39 is 0 Å². The second kappa shape index (κ2) is 9.30. The molecule has 0 saturated heterocycles. The van der Waals surface area contributed by atoms with Crippen LogP contribution in [0.1, 0.15) is 0 Å². The fourth-order valence-corrected chi connectivity index (χ4v) is 3.95. The highest BCUT2D eigenvalue weighted by Gasteiger charge is 2.18. The molecule has 150 valence electrons. The summed E-state index contributed by atoms with van der Waals surface area (Å²) in [5.74, 6) is 0.517. The Morgan fingerprint density at radius 3 is 2.53 bits per heavy atom. The topological polar surface area (TPSA) is 72.7 Å². The first-order valence-electron chi connectivity index (χ1n) is 8.92. The van der Waals surface area contributed by atoms with Crippen LogP contribution in [0.3, 0.4) is 0 Å². The van der Waals surface area contributed by atoms with E-state index in [4.69, 9.17) is 23.2 Å². The van der Waals surface area contributed by atoms with Gasteiger partial charge in [-0.3, -0.25) is 14.3 Å². The molecule has 4 rings (SSSR count). The van der Waals surface area contributed by atoms with Gasteiger partial charge in [0, 0.05) is 16.9 Å². The van der Waals surface area contributed by atoms with Crippen molar-refractivity contribution in [2.45, 2.75) is 5.16 Å². The van der Waals surface area contributed by atoms with Gasteiger partial charge in [-0.25, -0.2) is 0 Å². The lowest BCUT2D eigenvalue weighted by atomic mass is 10.3. The number of benzene rings is 2. The van der Waals surface area contributed by atoms with Crippen LogP contribution >= 0.6 is 35.0 Å². The lowest BCUT2D eigenvalue weighted by Crippen LogP contribution is -2.15. The quantitative estimate of drug-likeness (QED) is 0.395. The molecule has 1 amide bonds. The lowest BCUT2D eigenvalue weighted by molar-refractivity contribution is -0.113. The highest BCUT2D eigenvalue weighted by atomic mass is 35.5. The minimum Gasteiger partial charge on any atom is -0.324 e. The second-order valence-electron chi connectivity index (χ2n) is 6.15. The molecule has 0 unspecified atom stereocenters. The van der Waals surface area contributed by atoms with Crippen LogP contribution in [-0.4, -0.2) is 31.4 Å². The van der Waals surface area contributed by atoms with E-state index in [0.29, 0.717) is 32.4 Å². The molecule has 0 fully saturated rings. The van der Waals surface area contributed by atoms with Crippen LogP contribution in [0, 0.1) is 0 Å². The molecule has 0 aliphatic heterocycles. The van der Waals surface area contributed by atoms with Gasteiger partial charge < -0.3 is 5.32 Å². The number of anilines is 1. The molecule has 6 nitrogen and oxygen atoms in total. The normalized spacial score (nSPS) is 10.7. The van der Waals surface area contributed by atoms with Crippen molar-refractivity contribution in [3.8, 4) is 17.2 Å². The average molecular weight is 456 g/mol. The summed E-state index contributed by atoms with van der Waals surface area (Å²) in [6, 6.07) is 20.2. The van der Waals surface area contributed by atoms with E-state index in [9.17, 15) is 4.79 Å². The molecule has 0 aliphatic carbocycles. The third-order valence-corrected chi connectivity index (χ3v) is 5.56. The third kappa shape index (κ3) is 4.64. The number of nitrogens with zero attached hydrogens (tertiary/aromatic N) is 4. The maximum atomic E-state index is 12.5. The molecule has 2 aromatic heterocycles. The SMILES string of the molecule is O=C(CSc1nnc(-c2ccccn2)n1-c1ccccc1)Nc1ccc(Cl)cc1Cl. The van der Waals surface area contributed by atoms with E-state index in [1.165, 1.54) is 11.8 Å². The Hall–Kier alpha value is -2.87. The van der Waals surface area contributed by atoms with Crippen LogP contribution in [0.15, 0.2) is 78.1 Å². The van der Waals surface area contributed by atoms with Crippen LogP contribution in [0.25, 0.3) is 17.2 Å². The summed E-state index contributed by atoms with van der Waals surface area (Å²) < 4.78 is 1.88. The number of hydrogen-bond acceptors (Lipinski definition) is 5. The number of para-hydroxylation sites is 1. The van der Waals surface area contributed by atoms with Gasteiger partial charge >= 0.3 is 0 Å². The summed E-state index contributed by atoms with van der Waals surface area (Å²) in [5, 5.41) is 12.9. The zero-order chi connectivity index (χ0) is 20.9. The fourth-order valence-electron chi connectivity index (χ4n) is 2.74. The molecule has 0 saturated carbocycles. The van der Waals surface area contributed by atoms with Crippen LogP contribution in [0.5, 0.6) is 0 Å². The molecule has 9 heteroatoms. The van der Waals surface area contributed by atoms with Crippen molar-refractivity contribution in [1.29, 1.82) is 0 Å². The number of rotatable bonds is 6. The Balaban J connectivity index is 1.57. The molecular formula is C21H15Cl2N5OS. The summed E-state index contributed by atoms with van der Waals surface area (Å²) >= 11 is 13.3. The van der Waals surface area contributed by atoms with Crippen LogP contribution < -0.4 is 5.32 Å². The third-order valence-electron chi connectivity index (χ3n) is 4.08. The molecule has 0 atom stereocenters. The Morgan fingerprint density at radius 1 is 1.00 bits per heavy atom. The average Bonchev–Trinajstić information content (AvgIpc) is 3.19. The Labute approximate surface area is 187 Å². The number of halogens is 2. The first-order chi connectivity index (χ1) is 14.6. The van der Waals surface area contributed by atoms with E-state index in [-0.39, 0.29) is 11.7 Å². The van der Waals surface area contributed by atoms with E-state index in [2.05, 4.69) is 20.5 Å². The summed E-state index contributed by atoms with van der Waals surface area (Å²) in [6.07, 6.45) is 1.70. The molecule has 0 aliphatic rings. The number of carbonyl (C=O) groups is 1. The number of carbonyl (C=O) groups excluding carboxylic acids is 1. The number of hydrogen-bond donors (Lipinski definition) is 1. The first kappa shape index (κ1) is 20.4. The fraction of sp³-hybridized carbons (Fsp3) is 0.0476. The molecule has 2 heterocycles.